The Hall–Kier alpha value is -1.05. The smallest absolute Gasteiger partial charge is 0.125 e. The third-order valence-electron chi connectivity index (χ3n) is 1.17. The Bertz CT molecular complexity index is 196. The Labute approximate surface area is 54.9 Å². The van der Waals surface area contributed by atoms with Crippen LogP contribution in [0.1, 0.15) is 5.56 Å². The lowest BCUT2D eigenvalue weighted by Gasteiger charge is -1.96. The zero-order valence-electron chi connectivity index (χ0n) is 5.68. The maximum absolute atomic E-state index is 4.05. The van der Waals surface area contributed by atoms with Crippen LogP contribution < -0.4 is 5.32 Å². The molecule has 0 radical (unpaired) electrons. The van der Waals surface area contributed by atoms with Crippen LogP contribution >= 0.6 is 0 Å². The van der Waals surface area contributed by atoms with Gasteiger partial charge in [0.2, 0.25) is 0 Å². The van der Waals surface area contributed by atoms with Crippen molar-refractivity contribution in [1.29, 1.82) is 0 Å². The predicted molar refractivity (Wildman–Crippen MR) is 38.5 cm³/mol. The van der Waals surface area contributed by atoms with E-state index in [1.54, 1.807) is 6.20 Å². The van der Waals surface area contributed by atoms with Crippen LogP contribution in [0.2, 0.25) is 0 Å². The van der Waals surface area contributed by atoms with Crippen molar-refractivity contribution < 1.29 is 0 Å². The predicted octanol–water partition coefficient (Wildman–Crippen LogP) is 1.43. The van der Waals surface area contributed by atoms with Gasteiger partial charge in [0.05, 0.1) is 0 Å². The maximum atomic E-state index is 4.05. The molecule has 0 aliphatic carbocycles. The van der Waals surface area contributed by atoms with Gasteiger partial charge in [-0.25, -0.2) is 4.98 Å². The molecule has 1 aromatic heterocycles. The molecule has 9 heavy (non-hydrogen) atoms. The molecular formula is C7H10N2. The summed E-state index contributed by atoms with van der Waals surface area (Å²) in [7, 11) is 1.86. The van der Waals surface area contributed by atoms with Gasteiger partial charge in [-0.05, 0) is 24.6 Å². The van der Waals surface area contributed by atoms with E-state index in [9.17, 15) is 0 Å². The van der Waals surface area contributed by atoms with Crippen LogP contribution in [0.15, 0.2) is 18.3 Å². The lowest BCUT2D eigenvalue weighted by Crippen LogP contribution is -1.90. The van der Waals surface area contributed by atoms with Crippen molar-refractivity contribution in [1.82, 2.24) is 4.98 Å². The molecule has 0 unspecified atom stereocenters. The van der Waals surface area contributed by atoms with Gasteiger partial charge in [0.25, 0.3) is 0 Å². The van der Waals surface area contributed by atoms with Gasteiger partial charge >= 0.3 is 0 Å². The Morgan fingerprint density at radius 1 is 1.56 bits per heavy atom. The fourth-order valence-electron chi connectivity index (χ4n) is 0.673. The number of aryl methyl sites for hydroxylation is 1. The highest BCUT2D eigenvalue weighted by atomic mass is 14.9. The van der Waals surface area contributed by atoms with Crippen molar-refractivity contribution in [2.75, 3.05) is 12.4 Å². The van der Waals surface area contributed by atoms with Gasteiger partial charge in [0.1, 0.15) is 5.82 Å². The zero-order chi connectivity index (χ0) is 6.69. The molecule has 0 atom stereocenters. The molecule has 0 aliphatic rings. The summed E-state index contributed by atoms with van der Waals surface area (Å²) >= 11 is 0. The lowest BCUT2D eigenvalue weighted by molar-refractivity contribution is 1.26. The maximum Gasteiger partial charge on any atom is 0.125 e. The van der Waals surface area contributed by atoms with Crippen LogP contribution in [0.3, 0.4) is 0 Å². The normalized spacial score (nSPS) is 9.11. The second-order valence-electron chi connectivity index (χ2n) is 1.97. The van der Waals surface area contributed by atoms with Crippen LogP contribution in [0, 0.1) is 6.92 Å². The topological polar surface area (TPSA) is 24.9 Å². The van der Waals surface area contributed by atoms with Crippen molar-refractivity contribution >= 4 is 5.82 Å². The Morgan fingerprint density at radius 2 is 2.33 bits per heavy atom. The van der Waals surface area contributed by atoms with Crippen molar-refractivity contribution in [2.24, 2.45) is 0 Å². The van der Waals surface area contributed by atoms with E-state index in [1.165, 1.54) is 5.56 Å². The molecule has 0 saturated heterocycles. The van der Waals surface area contributed by atoms with Gasteiger partial charge in [0, 0.05) is 13.2 Å². The first-order valence-corrected chi connectivity index (χ1v) is 2.93. The fraction of sp³-hybridized carbons (Fsp3) is 0.286. The molecule has 2 nitrogen and oxygen atoms in total. The van der Waals surface area contributed by atoms with E-state index in [2.05, 4.69) is 10.3 Å². The number of rotatable bonds is 1. The Kier molecular flexibility index (Phi) is 1.68. The van der Waals surface area contributed by atoms with Crippen molar-refractivity contribution in [2.45, 2.75) is 6.92 Å². The quantitative estimate of drug-likeness (QED) is 0.609. The molecular weight excluding hydrogens is 112 g/mol. The molecule has 0 bridgehead atoms. The molecule has 0 saturated carbocycles. The van der Waals surface area contributed by atoms with Gasteiger partial charge in [-0.3, -0.25) is 0 Å². The first kappa shape index (κ1) is 6.08. The van der Waals surface area contributed by atoms with Crippen molar-refractivity contribution in [3.05, 3.63) is 23.9 Å². The second-order valence-corrected chi connectivity index (χ2v) is 1.97. The Morgan fingerprint density at radius 3 is 2.78 bits per heavy atom. The molecule has 2 heteroatoms. The van der Waals surface area contributed by atoms with Crippen LogP contribution in [-0.2, 0) is 0 Å². The molecule has 0 aromatic carbocycles. The second kappa shape index (κ2) is 2.49. The molecule has 0 fully saturated rings. The summed E-state index contributed by atoms with van der Waals surface area (Å²) in [6.07, 6.45) is 1.79. The van der Waals surface area contributed by atoms with Crippen molar-refractivity contribution in [3.63, 3.8) is 0 Å². The van der Waals surface area contributed by atoms with Crippen LogP contribution in [0.5, 0.6) is 0 Å². The van der Waals surface area contributed by atoms with Gasteiger partial charge < -0.3 is 5.32 Å². The summed E-state index contributed by atoms with van der Waals surface area (Å²) in [5.41, 5.74) is 1.23. The molecule has 0 amide bonds. The monoisotopic (exact) mass is 122 g/mol. The van der Waals surface area contributed by atoms with Gasteiger partial charge in [0.15, 0.2) is 0 Å². The molecule has 1 rings (SSSR count). The minimum Gasteiger partial charge on any atom is -0.373 e. The number of pyridine rings is 1. The summed E-state index contributed by atoms with van der Waals surface area (Å²) in [5.74, 6) is 0.926. The first-order valence-electron chi connectivity index (χ1n) is 2.93. The van der Waals surface area contributed by atoms with E-state index in [0.717, 1.165) is 5.82 Å². The van der Waals surface area contributed by atoms with E-state index >= 15 is 0 Å². The minimum absolute atomic E-state index is 0.926. The van der Waals surface area contributed by atoms with E-state index in [1.807, 2.05) is 26.1 Å². The van der Waals surface area contributed by atoms with E-state index in [0.29, 0.717) is 0 Å². The molecule has 48 valence electrons. The molecule has 0 aliphatic heterocycles. The SMILES string of the molecule is CNc1cc(C)ccn1. The van der Waals surface area contributed by atoms with Gasteiger partial charge in [-0.15, -0.1) is 0 Å². The van der Waals surface area contributed by atoms with Crippen LogP contribution in [-0.4, -0.2) is 12.0 Å². The largest absolute Gasteiger partial charge is 0.373 e. The third kappa shape index (κ3) is 1.42. The standard InChI is InChI=1S/C7H10N2/c1-6-3-4-9-7(5-6)8-2/h3-5H,1-2H3,(H,8,9). The van der Waals surface area contributed by atoms with E-state index in [4.69, 9.17) is 0 Å². The number of nitrogens with one attached hydrogen (secondary N) is 1. The molecule has 1 N–H and O–H groups in total. The average molecular weight is 122 g/mol. The number of aromatic nitrogens is 1. The summed E-state index contributed by atoms with van der Waals surface area (Å²) in [5, 5.41) is 2.96. The van der Waals surface area contributed by atoms with Crippen LogP contribution in [0.25, 0.3) is 0 Å². The van der Waals surface area contributed by atoms with Crippen molar-refractivity contribution in [3.8, 4) is 0 Å². The number of hydrogen-bond donors (Lipinski definition) is 1. The highest BCUT2D eigenvalue weighted by Crippen LogP contribution is 2.02. The average Bonchev–Trinajstić information content (AvgIpc) is 1.88. The third-order valence-corrected chi connectivity index (χ3v) is 1.17. The highest BCUT2D eigenvalue weighted by molar-refractivity contribution is 5.35. The molecule has 1 aromatic rings. The minimum atomic E-state index is 0.926. The summed E-state index contributed by atoms with van der Waals surface area (Å²) in [6, 6.07) is 3.97. The highest BCUT2D eigenvalue weighted by Gasteiger charge is 1.86. The van der Waals surface area contributed by atoms with E-state index < -0.39 is 0 Å². The molecule has 1 heterocycles. The number of nitrogens with zero attached hydrogens (tertiary/aromatic N) is 1. The summed E-state index contributed by atoms with van der Waals surface area (Å²) < 4.78 is 0. The first-order chi connectivity index (χ1) is 4.33. The summed E-state index contributed by atoms with van der Waals surface area (Å²) in [6.45, 7) is 2.04. The number of hydrogen-bond acceptors (Lipinski definition) is 2. The lowest BCUT2D eigenvalue weighted by atomic mass is 10.3. The fourth-order valence-corrected chi connectivity index (χ4v) is 0.673. The van der Waals surface area contributed by atoms with Gasteiger partial charge in [-0.1, -0.05) is 0 Å². The van der Waals surface area contributed by atoms with Crippen LogP contribution in [0.4, 0.5) is 5.82 Å². The zero-order valence-corrected chi connectivity index (χ0v) is 5.68. The Balaban J connectivity index is 2.94. The summed E-state index contributed by atoms with van der Waals surface area (Å²) in [4.78, 5) is 4.05. The number of anilines is 1. The van der Waals surface area contributed by atoms with Gasteiger partial charge in [-0.2, -0.15) is 0 Å². The van der Waals surface area contributed by atoms with E-state index in [-0.39, 0.29) is 0 Å². The molecule has 0 spiro atoms.